The molecule has 1 heterocycles. The third-order valence-electron chi connectivity index (χ3n) is 3.69. The molecule has 0 unspecified atom stereocenters. The SMILES string of the molecule is CN(C(=O)OCc1ccccc1)[C@@H]1COc2cc(Br)ccc21. The molecule has 4 nitrogen and oxygen atoms in total. The molecule has 2 aromatic rings. The molecule has 0 fully saturated rings. The first-order valence-corrected chi connectivity index (χ1v) is 7.80. The lowest BCUT2D eigenvalue weighted by molar-refractivity contribution is 0.0860. The molecule has 0 spiro atoms. The number of benzene rings is 2. The monoisotopic (exact) mass is 361 g/mol. The molecule has 114 valence electrons. The summed E-state index contributed by atoms with van der Waals surface area (Å²) < 4.78 is 12.0. The van der Waals surface area contributed by atoms with E-state index in [1.54, 1.807) is 11.9 Å². The summed E-state index contributed by atoms with van der Waals surface area (Å²) in [7, 11) is 1.73. The van der Waals surface area contributed by atoms with Crippen molar-refractivity contribution in [2.24, 2.45) is 0 Å². The Labute approximate surface area is 137 Å². The van der Waals surface area contributed by atoms with E-state index in [2.05, 4.69) is 15.9 Å². The number of halogens is 1. The van der Waals surface area contributed by atoms with Gasteiger partial charge in [-0.1, -0.05) is 52.3 Å². The van der Waals surface area contributed by atoms with Gasteiger partial charge in [-0.15, -0.1) is 0 Å². The normalized spacial score (nSPS) is 15.8. The van der Waals surface area contributed by atoms with Crippen LogP contribution in [0, 0.1) is 0 Å². The van der Waals surface area contributed by atoms with E-state index >= 15 is 0 Å². The molecule has 1 amide bonds. The molecule has 1 aliphatic rings. The van der Waals surface area contributed by atoms with Gasteiger partial charge in [-0.05, 0) is 17.7 Å². The van der Waals surface area contributed by atoms with Gasteiger partial charge in [0.25, 0.3) is 0 Å². The van der Waals surface area contributed by atoms with Crippen LogP contribution in [0.2, 0.25) is 0 Å². The standard InChI is InChI=1S/C17H16BrNO3/c1-19(17(20)22-10-12-5-3-2-4-6-12)15-11-21-16-9-13(18)7-8-14(15)16/h2-9,15H,10-11H2,1H3/t15-/m1/s1. The number of fused-ring (bicyclic) bond motifs is 1. The van der Waals surface area contributed by atoms with Gasteiger partial charge < -0.3 is 14.4 Å². The fourth-order valence-electron chi connectivity index (χ4n) is 2.44. The van der Waals surface area contributed by atoms with E-state index in [4.69, 9.17) is 9.47 Å². The average molecular weight is 362 g/mol. The highest BCUT2D eigenvalue weighted by molar-refractivity contribution is 9.10. The van der Waals surface area contributed by atoms with E-state index in [0.717, 1.165) is 21.3 Å². The van der Waals surface area contributed by atoms with Gasteiger partial charge in [0.05, 0.1) is 6.04 Å². The van der Waals surface area contributed by atoms with Gasteiger partial charge in [0.2, 0.25) is 0 Å². The van der Waals surface area contributed by atoms with Crippen molar-refractivity contribution in [3.05, 3.63) is 64.1 Å². The zero-order valence-electron chi connectivity index (χ0n) is 12.2. The maximum atomic E-state index is 12.2. The minimum atomic E-state index is -0.353. The van der Waals surface area contributed by atoms with E-state index in [-0.39, 0.29) is 18.7 Å². The Balaban J connectivity index is 1.65. The summed E-state index contributed by atoms with van der Waals surface area (Å²) in [4.78, 5) is 13.8. The Kier molecular flexibility index (Phi) is 4.34. The fraction of sp³-hybridized carbons (Fsp3) is 0.235. The van der Waals surface area contributed by atoms with Crippen LogP contribution in [-0.4, -0.2) is 24.6 Å². The number of rotatable bonds is 3. The highest BCUT2D eigenvalue weighted by Crippen LogP contribution is 2.37. The highest BCUT2D eigenvalue weighted by Gasteiger charge is 2.31. The van der Waals surface area contributed by atoms with Crippen molar-refractivity contribution in [3.8, 4) is 5.75 Å². The fourth-order valence-corrected chi connectivity index (χ4v) is 2.78. The van der Waals surface area contributed by atoms with E-state index in [0.29, 0.717) is 6.61 Å². The molecule has 0 bridgehead atoms. The molecule has 0 N–H and O–H groups in total. The summed E-state index contributed by atoms with van der Waals surface area (Å²) in [6, 6.07) is 15.4. The first kappa shape index (κ1) is 14.9. The average Bonchev–Trinajstić information content (AvgIpc) is 2.95. The molecule has 5 heteroatoms. The van der Waals surface area contributed by atoms with Crippen molar-refractivity contribution in [1.82, 2.24) is 4.90 Å². The number of ether oxygens (including phenoxy) is 2. The molecular weight excluding hydrogens is 346 g/mol. The molecular formula is C17H16BrNO3. The zero-order valence-corrected chi connectivity index (χ0v) is 13.7. The zero-order chi connectivity index (χ0) is 15.5. The van der Waals surface area contributed by atoms with Gasteiger partial charge >= 0.3 is 6.09 Å². The smallest absolute Gasteiger partial charge is 0.410 e. The van der Waals surface area contributed by atoms with Crippen LogP contribution in [0.5, 0.6) is 5.75 Å². The van der Waals surface area contributed by atoms with Gasteiger partial charge in [0, 0.05) is 17.1 Å². The molecule has 0 saturated heterocycles. The van der Waals surface area contributed by atoms with Crippen molar-refractivity contribution in [1.29, 1.82) is 0 Å². The number of carbonyl (C=O) groups is 1. The summed E-state index contributed by atoms with van der Waals surface area (Å²) in [5.74, 6) is 0.807. The molecule has 22 heavy (non-hydrogen) atoms. The van der Waals surface area contributed by atoms with Crippen LogP contribution >= 0.6 is 15.9 Å². The van der Waals surface area contributed by atoms with Crippen LogP contribution in [-0.2, 0) is 11.3 Å². The van der Waals surface area contributed by atoms with Crippen LogP contribution in [0.15, 0.2) is 53.0 Å². The van der Waals surface area contributed by atoms with Crippen molar-refractivity contribution >= 4 is 22.0 Å². The Morgan fingerprint density at radius 2 is 2.09 bits per heavy atom. The van der Waals surface area contributed by atoms with Gasteiger partial charge in [0.15, 0.2) is 0 Å². The van der Waals surface area contributed by atoms with Crippen LogP contribution in [0.25, 0.3) is 0 Å². The molecule has 3 rings (SSSR count). The number of amides is 1. The van der Waals surface area contributed by atoms with Crippen LogP contribution in [0.3, 0.4) is 0 Å². The molecule has 0 aliphatic carbocycles. The summed E-state index contributed by atoms with van der Waals surface area (Å²) in [5, 5.41) is 0. The summed E-state index contributed by atoms with van der Waals surface area (Å²) in [6.07, 6.45) is -0.353. The van der Waals surface area contributed by atoms with Gasteiger partial charge in [-0.2, -0.15) is 0 Å². The van der Waals surface area contributed by atoms with E-state index < -0.39 is 0 Å². The van der Waals surface area contributed by atoms with Crippen LogP contribution in [0.1, 0.15) is 17.2 Å². The summed E-state index contributed by atoms with van der Waals surface area (Å²) in [5.41, 5.74) is 1.97. The minimum absolute atomic E-state index is 0.119. The lowest BCUT2D eigenvalue weighted by Crippen LogP contribution is -2.32. The number of carbonyl (C=O) groups excluding carboxylic acids is 1. The predicted octanol–water partition coefficient (Wildman–Crippen LogP) is 4.15. The first-order chi connectivity index (χ1) is 10.6. The Morgan fingerprint density at radius 1 is 1.32 bits per heavy atom. The third kappa shape index (κ3) is 3.09. The van der Waals surface area contributed by atoms with Gasteiger partial charge in [0.1, 0.15) is 19.0 Å². The Morgan fingerprint density at radius 3 is 2.86 bits per heavy atom. The maximum Gasteiger partial charge on any atom is 0.410 e. The molecule has 2 aromatic carbocycles. The first-order valence-electron chi connectivity index (χ1n) is 7.01. The largest absolute Gasteiger partial charge is 0.491 e. The van der Waals surface area contributed by atoms with Crippen molar-refractivity contribution in [2.75, 3.05) is 13.7 Å². The summed E-state index contributed by atoms with van der Waals surface area (Å²) >= 11 is 3.42. The van der Waals surface area contributed by atoms with Crippen molar-refractivity contribution in [3.63, 3.8) is 0 Å². The van der Waals surface area contributed by atoms with E-state index in [1.165, 1.54) is 0 Å². The second kappa shape index (κ2) is 6.40. The molecule has 0 aromatic heterocycles. The Bertz CT molecular complexity index is 675. The number of likely N-dealkylation sites (N-methyl/N-ethyl adjacent to an activating group) is 1. The number of hydrogen-bond acceptors (Lipinski definition) is 3. The van der Waals surface area contributed by atoms with Crippen LogP contribution < -0.4 is 4.74 Å². The van der Waals surface area contributed by atoms with Gasteiger partial charge in [-0.25, -0.2) is 4.79 Å². The lowest BCUT2D eigenvalue weighted by Gasteiger charge is -2.23. The highest BCUT2D eigenvalue weighted by atomic mass is 79.9. The van der Waals surface area contributed by atoms with E-state index in [9.17, 15) is 4.79 Å². The second-order valence-corrected chi connectivity index (χ2v) is 6.08. The van der Waals surface area contributed by atoms with Gasteiger partial charge in [-0.3, -0.25) is 0 Å². The van der Waals surface area contributed by atoms with Crippen molar-refractivity contribution in [2.45, 2.75) is 12.6 Å². The second-order valence-electron chi connectivity index (χ2n) is 5.16. The number of nitrogens with zero attached hydrogens (tertiary/aromatic N) is 1. The molecule has 1 atom stereocenters. The van der Waals surface area contributed by atoms with Crippen LogP contribution in [0.4, 0.5) is 4.79 Å². The summed E-state index contributed by atoms with van der Waals surface area (Å²) in [6.45, 7) is 0.716. The third-order valence-corrected chi connectivity index (χ3v) is 4.19. The lowest BCUT2D eigenvalue weighted by atomic mass is 10.1. The molecule has 0 saturated carbocycles. The van der Waals surface area contributed by atoms with Crippen molar-refractivity contribution < 1.29 is 14.3 Å². The Hall–Kier alpha value is -2.01. The quantitative estimate of drug-likeness (QED) is 0.823. The predicted molar refractivity (Wildman–Crippen MR) is 86.8 cm³/mol. The molecule has 0 radical (unpaired) electrons. The van der Waals surface area contributed by atoms with E-state index in [1.807, 2.05) is 48.5 Å². The number of hydrogen-bond donors (Lipinski definition) is 0. The maximum absolute atomic E-state index is 12.2. The topological polar surface area (TPSA) is 38.8 Å². The molecule has 1 aliphatic heterocycles. The minimum Gasteiger partial charge on any atom is -0.491 e.